The van der Waals surface area contributed by atoms with Gasteiger partial charge in [-0.1, -0.05) is 37.3 Å². The second-order valence-corrected chi connectivity index (χ2v) is 7.16. The molecule has 1 aliphatic heterocycles. The number of benzene rings is 2. The molecule has 2 N–H and O–H groups in total. The summed E-state index contributed by atoms with van der Waals surface area (Å²) in [6.45, 7) is 3.71. The summed E-state index contributed by atoms with van der Waals surface area (Å²) in [6.07, 6.45) is 0.574. The molecule has 2 atom stereocenters. The number of nitro groups is 1. The number of rotatable bonds is 7. The summed E-state index contributed by atoms with van der Waals surface area (Å²) in [6, 6.07) is 14.9. The van der Waals surface area contributed by atoms with Crippen LogP contribution in [-0.2, 0) is 13.0 Å². The van der Waals surface area contributed by atoms with Crippen LogP contribution in [0.3, 0.4) is 0 Å². The molecule has 1 fully saturated rings. The number of piperazine rings is 1. The van der Waals surface area contributed by atoms with E-state index in [4.69, 9.17) is 0 Å². The highest BCUT2D eigenvalue weighted by molar-refractivity contribution is 5.56. The summed E-state index contributed by atoms with van der Waals surface area (Å²) in [5.41, 5.74) is 2.84. The van der Waals surface area contributed by atoms with Crippen molar-refractivity contribution in [3.63, 3.8) is 0 Å². The maximum Gasteiger partial charge on any atom is 0.272 e. The summed E-state index contributed by atoms with van der Waals surface area (Å²) in [5, 5.41) is 31.2. The van der Waals surface area contributed by atoms with Crippen molar-refractivity contribution >= 4 is 11.4 Å². The quantitative estimate of drug-likeness (QED) is 0.561. The lowest BCUT2D eigenvalue weighted by atomic mass is 10.0. The van der Waals surface area contributed by atoms with Crippen LogP contribution in [0.4, 0.5) is 11.4 Å². The van der Waals surface area contributed by atoms with Crippen LogP contribution >= 0.6 is 0 Å². The lowest BCUT2D eigenvalue weighted by Gasteiger charge is -2.46. The summed E-state index contributed by atoms with van der Waals surface area (Å²) in [7, 11) is 0. The molecule has 7 nitrogen and oxygen atoms in total. The average Bonchev–Trinajstić information content (AvgIpc) is 2.73. The number of aryl methyl sites for hydroxylation is 1. The molecular weight excluding hydrogens is 358 g/mol. The molecule has 1 aliphatic rings. The van der Waals surface area contributed by atoms with E-state index in [0.29, 0.717) is 31.6 Å². The van der Waals surface area contributed by atoms with E-state index in [0.717, 1.165) is 11.3 Å². The molecule has 0 amide bonds. The largest absolute Gasteiger partial charge is 0.395 e. The lowest BCUT2D eigenvalue weighted by molar-refractivity contribution is -0.385. The monoisotopic (exact) mass is 385 g/mol. The average molecular weight is 385 g/mol. The first kappa shape index (κ1) is 20.3. The summed E-state index contributed by atoms with van der Waals surface area (Å²) in [5.74, 6) is 0. The molecule has 0 unspecified atom stereocenters. The summed E-state index contributed by atoms with van der Waals surface area (Å²) >= 11 is 0. The first-order valence-corrected chi connectivity index (χ1v) is 9.61. The highest BCUT2D eigenvalue weighted by atomic mass is 16.6. The van der Waals surface area contributed by atoms with Crippen LogP contribution in [0.1, 0.15) is 18.1 Å². The Morgan fingerprint density at radius 2 is 1.71 bits per heavy atom. The van der Waals surface area contributed by atoms with Crippen molar-refractivity contribution in [3.8, 4) is 0 Å². The second kappa shape index (κ2) is 9.14. The predicted octanol–water partition coefficient (Wildman–Crippen LogP) is 2.20. The van der Waals surface area contributed by atoms with Crippen molar-refractivity contribution in [1.29, 1.82) is 0 Å². The van der Waals surface area contributed by atoms with Crippen molar-refractivity contribution in [2.45, 2.75) is 32.0 Å². The highest BCUT2D eigenvalue weighted by Crippen LogP contribution is 2.29. The maximum absolute atomic E-state index is 11.2. The first-order chi connectivity index (χ1) is 13.6. The first-order valence-electron chi connectivity index (χ1n) is 9.61. The van der Waals surface area contributed by atoms with Crippen LogP contribution in [0.15, 0.2) is 48.5 Å². The van der Waals surface area contributed by atoms with Gasteiger partial charge in [0.15, 0.2) is 0 Å². The molecule has 150 valence electrons. The Morgan fingerprint density at radius 3 is 2.25 bits per heavy atom. The fraction of sp³-hybridized carbons (Fsp3) is 0.429. The van der Waals surface area contributed by atoms with Gasteiger partial charge in [-0.3, -0.25) is 15.0 Å². The zero-order valence-electron chi connectivity index (χ0n) is 16.1. The normalized spacial score (nSPS) is 20.3. The minimum atomic E-state index is -0.354. The molecule has 2 aromatic rings. The Bertz CT molecular complexity index is 785. The molecule has 0 aromatic heterocycles. The molecule has 0 radical (unpaired) electrons. The van der Waals surface area contributed by atoms with E-state index in [1.54, 1.807) is 12.1 Å². The van der Waals surface area contributed by atoms with Crippen LogP contribution in [-0.4, -0.2) is 58.4 Å². The van der Waals surface area contributed by atoms with Gasteiger partial charge in [-0.15, -0.1) is 0 Å². The molecule has 3 rings (SSSR count). The van der Waals surface area contributed by atoms with Gasteiger partial charge in [0.05, 0.1) is 30.2 Å². The molecular formula is C21H27N3O4. The number of nitro benzene ring substituents is 1. The van der Waals surface area contributed by atoms with Gasteiger partial charge < -0.3 is 15.1 Å². The van der Waals surface area contributed by atoms with Crippen molar-refractivity contribution < 1.29 is 15.1 Å². The molecule has 0 spiro atoms. The van der Waals surface area contributed by atoms with Gasteiger partial charge in [-0.2, -0.15) is 0 Å². The fourth-order valence-corrected chi connectivity index (χ4v) is 3.91. The topological polar surface area (TPSA) is 90.1 Å². The van der Waals surface area contributed by atoms with Crippen molar-refractivity contribution in [1.82, 2.24) is 4.90 Å². The minimum absolute atomic E-state index is 0.0204. The van der Waals surface area contributed by atoms with Gasteiger partial charge >= 0.3 is 0 Å². The smallest absolute Gasteiger partial charge is 0.272 e. The Labute approximate surface area is 165 Å². The Balaban J connectivity index is 1.83. The van der Waals surface area contributed by atoms with E-state index in [2.05, 4.69) is 9.80 Å². The number of nitrogens with zero attached hydrogens (tertiary/aromatic N) is 3. The number of hydrogen-bond acceptors (Lipinski definition) is 6. The maximum atomic E-state index is 11.2. The summed E-state index contributed by atoms with van der Waals surface area (Å²) < 4.78 is 0. The highest BCUT2D eigenvalue weighted by Gasteiger charge is 2.34. The molecule has 28 heavy (non-hydrogen) atoms. The van der Waals surface area contributed by atoms with Gasteiger partial charge in [-0.25, -0.2) is 0 Å². The zero-order chi connectivity index (χ0) is 20.1. The number of hydrogen-bond donors (Lipinski definition) is 2. The number of aliphatic hydroxyl groups is 2. The van der Waals surface area contributed by atoms with Crippen LogP contribution in [0.2, 0.25) is 0 Å². The van der Waals surface area contributed by atoms with E-state index in [-0.39, 0.29) is 35.9 Å². The molecule has 1 heterocycles. The molecule has 0 bridgehead atoms. The Morgan fingerprint density at radius 1 is 1.07 bits per heavy atom. The van der Waals surface area contributed by atoms with Gasteiger partial charge in [-0.05, 0) is 24.1 Å². The van der Waals surface area contributed by atoms with E-state index in [1.807, 2.05) is 43.3 Å². The van der Waals surface area contributed by atoms with E-state index >= 15 is 0 Å². The minimum Gasteiger partial charge on any atom is -0.395 e. The van der Waals surface area contributed by atoms with Gasteiger partial charge in [0.1, 0.15) is 0 Å². The third-order valence-electron chi connectivity index (χ3n) is 5.44. The van der Waals surface area contributed by atoms with E-state index in [1.165, 1.54) is 0 Å². The van der Waals surface area contributed by atoms with Crippen LogP contribution in [0.5, 0.6) is 0 Å². The molecule has 0 saturated carbocycles. The van der Waals surface area contributed by atoms with E-state index in [9.17, 15) is 20.3 Å². The van der Waals surface area contributed by atoms with Crippen molar-refractivity contribution in [2.75, 3.05) is 31.2 Å². The van der Waals surface area contributed by atoms with E-state index < -0.39 is 0 Å². The van der Waals surface area contributed by atoms with Gasteiger partial charge in [0.2, 0.25) is 0 Å². The third-order valence-corrected chi connectivity index (χ3v) is 5.44. The lowest BCUT2D eigenvalue weighted by Crippen LogP contribution is -2.60. The van der Waals surface area contributed by atoms with Gasteiger partial charge in [0.25, 0.3) is 5.69 Å². The van der Waals surface area contributed by atoms with Crippen LogP contribution < -0.4 is 4.90 Å². The Kier molecular flexibility index (Phi) is 6.61. The van der Waals surface area contributed by atoms with Crippen molar-refractivity contribution in [3.05, 3.63) is 69.8 Å². The zero-order valence-corrected chi connectivity index (χ0v) is 16.1. The molecule has 0 aliphatic carbocycles. The molecule has 1 saturated heterocycles. The van der Waals surface area contributed by atoms with Crippen LogP contribution in [0.25, 0.3) is 0 Å². The molecule has 7 heteroatoms. The van der Waals surface area contributed by atoms with Crippen molar-refractivity contribution in [2.24, 2.45) is 0 Å². The van der Waals surface area contributed by atoms with Gasteiger partial charge in [0, 0.05) is 37.0 Å². The summed E-state index contributed by atoms with van der Waals surface area (Å²) in [4.78, 5) is 15.1. The number of aliphatic hydroxyl groups excluding tert-OH is 2. The third kappa shape index (κ3) is 4.32. The molecule has 2 aromatic carbocycles. The van der Waals surface area contributed by atoms with Crippen LogP contribution in [0, 0.1) is 10.1 Å². The fourth-order valence-electron chi connectivity index (χ4n) is 3.91. The standard InChI is InChI=1S/C21H27N3O4/c1-2-17-10-18(8-9-21(17)24(27)28)22-12-19(14-25)23(20(13-22)15-26)11-16-6-4-3-5-7-16/h3-10,19-20,25-26H,2,11-15H2,1H3/t19-,20+. The Hall–Kier alpha value is -2.48. The SMILES string of the molecule is CCc1cc(N2C[C@@H](CO)N(Cc3ccccc3)[C@@H](CO)C2)ccc1[N+](=O)[O-]. The second-order valence-electron chi connectivity index (χ2n) is 7.16. The number of anilines is 1. The predicted molar refractivity (Wildman–Crippen MR) is 108 cm³/mol.